The number of hydrogen-bond acceptors (Lipinski definition) is 5. The summed E-state index contributed by atoms with van der Waals surface area (Å²) in [6.45, 7) is 0. The summed E-state index contributed by atoms with van der Waals surface area (Å²) in [5.41, 5.74) is 0.288. The van der Waals surface area contributed by atoms with Crippen molar-refractivity contribution in [2.75, 3.05) is 14.2 Å². The van der Waals surface area contributed by atoms with E-state index in [1.807, 2.05) is 0 Å². The fourth-order valence-electron chi connectivity index (χ4n) is 2.02. The molecular weight excluding hydrogens is 272 g/mol. The number of phenolic OH excluding ortho intramolecular Hbond substituents is 1. The molecule has 0 aliphatic carbocycles. The van der Waals surface area contributed by atoms with Crippen molar-refractivity contribution >= 4 is 11.8 Å². The second kappa shape index (κ2) is 6.09. The summed E-state index contributed by atoms with van der Waals surface area (Å²) in [5.74, 6) is -1.10. The number of methoxy groups -OCH3 is 2. The highest BCUT2D eigenvalue weighted by atomic mass is 16.5. The van der Waals surface area contributed by atoms with Gasteiger partial charge in [-0.2, -0.15) is 0 Å². The van der Waals surface area contributed by atoms with Crippen LogP contribution >= 0.6 is 0 Å². The Bertz CT molecular complexity index is 691. The molecule has 5 nitrogen and oxygen atoms in total. The van der Waals surface area contributed by atoms with Gasteiger partial charge in [0.25, 0.3) is 0 Å². The topological polar surface area (TPSA) is 72.8 Å². The van der Waals surface area contributed by atoms with Crippen LogP contribution in [-0.4, -0.2) is 31.1 Å². The molecule has 0 amide bonds. The third-order valence-corrected chi connectivity index (χ3v) is 3.03. The van der Waals surface area contributed by atoms with Gasteiger partial charge in [0.2, 0.25) is 5.78 Å². The first-order valence-electron chi connectivity index (χ1n) is 6.18. The molecule has 0 aliphatic rings. The molecule has 0 heterocycles. The number of carbonyl (C=O) groups is 2. The Morgan fingerprint density at radius 2 is 1.62 bits per heavy atom. The minimum absolute atomic E-state index is 0.0105. The van der Waals surface area contributed by atoms with Gasteiger partial charge in [-0.05, 0) is 18.2 Å². The van der Waals surface area contributed by atoms with Crippen molar-refractivity contribution in [2.45, 2.75) is 0 Å². The highest BCUT2D eigenvalue weighted by molar-refractivity contribution is 6.16. The fraction of sp³-hybridized carbons (Fsp3) is 0.125. The molecule has 2 rings (SSSR count). The summed E-state index contributed by atoms with van der Waals surface area (Å²) in [4.78, 5) is 24.4. The van der Waals surface area contributed by atoms with Gasteiger partial charge in [-0.25, -0.2) is 4.79 Å². The minimum Gasteiger partial charge on any atom is -0.507 e. The van der Waals surface area contributed by atoms with E-state index in [1.54, 1.807) is 24.3 Å². The molecule has 108 valence electrons. The summed E-state index contributed by atoms with van der Waals surface area (Å²) in [7, 11) is 2.64. The molecule has 0 saturated heterocycles. The van der Waals surface area contributed by atoms with Crippen LogP contribution in [0.2, 0.25) is 0 Å². The lowest BCUT2D eigenvalue weighted by Crippen LogP contribution is -2.12. The standard InChI is InChI=1S/C16H14O5/c1-20-13-9-5-8-12(17)14(13)15(18)10-6-3-4-7-11(10)16(19)21-2/h3-9,17H,1-2H3. The lowest BCUT2D eigenvalue weighted by molar-refractivity contribution is 0.0597. The van der Waals surface area contributed by atoms with E-state index in [4.69, 9.17) is 4.74 Å². The normalized spacial score (nSPS) is 10.0. The number of ketones is 1. The van der Waals surface area contributed by atoms with Crippen LogP contribution in [0, 0.1) is 0 Å². The lowest BCUT2D eigenvalue weighted by Gasteiger charge is -2.11. The van der Waals surface area contributed by atoms with E-state index in [1.165, 1.54) is 32.4 Å². The van der Waals surface area contributed by atoms with E-state index < -0.39 is 11.8 Å². The Kier molecular flexibility index (Phi) is 4.23. The lowest BCUT2D eigenvalue weighted by atomic mass is 9.97. The van der Waals surface area contributed by atoms with Crippen LogP contribution < -0.4 is 4.74 Å². The largest absolute Gasteiger partial charge is 0.507 e. The molecular formula is C16H14O5. The first kappa shape index (κ1) is 14.6. The number of rotatable bonds is 4. The number of phenols is 1. The van der Waals surface area contributed by atoms with Gasteiger partial charge in [0.1, 0.15) is 17.1 Å². The maximum Gasteiger partial charge on any atom is 0.338 e. The van der Waals surface area contributed by atoms with Gasteiger partial charge in [-0.3, -0.25) is 4.79 Å². The molecule has 0 aromatic heterocycles. The van der Waals surface area contributed by atoms with Crippen LogP contribution in [0.15, 0.2) is 42.5 Å². The van der Waals surface area contributed by atoms with Gasteiger partial charge in [-0.15, -0.1) is 0 Å². The first-order valence-corrected chi connectivity index (χ1v) is 6.18. The summed E-state index contributed by atoms with van der Waals surface area (Å²) in [6.07, 6.45) is 0. The summed E-state index contributed by atoms with van der Waals surface area (Å²) in [5, 5.41) is 9.92. The maximum absolute atomic E-state index is 12.6. The molecule has 0 atom stereocenters. The number of esters is 1. The third-order valence-electron chi connectivity index (χ3n) is 3.03. The molecule has 0 unspecified atom stereocenters. The molecule has 2 aromatic rings. The highest BCUT2D eigenvalue weighted by Crippen LogP contribution is 2.30. The minimum atomic E-state index is -0.617. The van der Waals surface area contributed by atoms with Crippen molar-refractivity contribution in [2.24, 2.45) is 0 Å². The molecule has 0 aliphatic heterocycles. The van der Waals surface area contributed by atoms with E-state index in [9.17, 15) is 14.7 Å². The fourth-order valence-corrected chi connectivity index (χ4v) is 2.02. The number of carbonyl (C=O) groups excluding carboxylic acids is 2. The van der Waals surface area contributed by atoms with Crippen molar-refractivity contribution in [3.8, 4) is 11.5 Å². The van der Waals surface area contributed by atoms with Crippen LogP contribution in [-0.2, 0) is 4.74 Å². The predicted octanol–water partition coefficient (Wildman–Crippen LogP) is 2.42. The highest BCUT2D eigenvalue weighted by Gasteiger charge is 2.23. The maximum atomic E-state index is 12.6. The van der Waals surface area contributed by atoms with Gasteiger partial charge < -0.3 is 14.6 Å². The van der Waals surface area contributed by atoms with E-state index in [2.05, 4.69) is 4.74 Å². The van der Waals surface area contributed by atoms with Crippen LogP contribution in [0.3, 0.4) is 0 Å². The van der Waals surface area contributed by atoms with Crippen molar-refractivity contribution < 1.29 is 24.2 Å². The average Bonchev–Trinajstić information content (AvgIpc) is 2.53. The molecule has 0 fully saturated rings. The number of ether oxygens (including phenoxy) is 2. The summed E-state index contributed by atoms with van der Waals surface area (Å²) < 4.78 is 9.76. The quantitative estimate of drug-likeness (QED) is 0.690. The van der Waals surface area contributed by atoms with Gasteiger partial charge in [0, 0.05) is 5.56 Å². The van der Waals surface area contributed by atoms with Crippen LogP contribution in [0.5, 0.6) is 11.5 Å². The zero-order valence-corrected chi connectivity index (χ0v) is 11.6. The monoisotopic (exact) mass is 286 g/mol. The van der Waals surface area contributed by atoms with Gasteiger partial charge in [0.15, 0.2) is 0 Å². The van der Waals surface area contributed by atoms with Gasteiger partial charge in [0.05, 0.1) is 19.8 Å². The average molecular weight is 286 g/mol. The van der Waals surface area contributed by atoms with E-state index in [-0.39, 0.29) is 28.2 Å². The van der Waals surface area contributed by atoms with Gasteiger partial charge in [-0.1, -0.05) is 24.3 Å². The number of benzene rings is 2. The van der Waals surface area contributed by atoms with Crippen molar-refractivity contribution in [1.82, 2.24) is 0 Å². The smallest absolute Gasteiger partial charge is 0.338 e. The van der Waals surface area contributed by atoms with Crippen LogP contribution in [0.1, 0.15) is 26.3 Å². The molecule has 0 spiro atoms. The van der Waals surface area contributed by atoms with Crippen LogP contribution in [0.25, 0.3) is 0 Å². The second-order valence-electron chi connectivity index (χ2n) is 4.22. The molecule has 5 heteroatoms. The molecule has 21 heavy (non-hydrogen) atoms. The Morgan fingerprint density at radius 1 is 0.952 bits per heavy atom. The first-order chi connectivity index (χ1) is 10.1. The van der Waals surface area contributed by atoms with E-state index in [0.717, 1.165) is 0 Å². The third kappa shape index (κ3) is 2.72. The Hall–Kier alpha value is -2.82. The van der Waals surface area contributed by atoms with E-state index >= 15 is 0 Å². The zero-order valence-electron chi connectivity index (χ0n) is 11.6. The second-order valence-corrected chi connectivity index (χ2v) is 4.22. The molecule has 0 saturated carbocycles. The van der Waals surface area contributed by atoms with E-state index in [0.29, 0.717) is 0 Å². The molecule has 0 bridgehead atoms. The Labute approximate surface area is 121 Å². The summed E-state index contributed by atoms with van der Waals surface area (Å²) in [6, 6.07) is 10.8. The van der Waals surface area contributed by atoms with Crippen LogP contribution in [0.4, 0.5) is 0 Å². The molecule has 0 radical (unpaired) electrons. The predicted molar refractivity (Wildman–Crippen MR) is 75.9 cm³/mol. The Balaban J connectivity index is 2.59. The van der Waals surface area contributed by atoms with Gasteiger partial charge >= 0.3 is 5.97 Å². The van der Waals surface area contributed by atoms with Crippen molar-refractivity contribution in [3.63, 3.8) is 0 Å². The SMILES string of the molecule is COC(=O)c1ccccc1C(=O)c1c(O)cccc1OC. The zero-order chi connectivity index (χ0) is 15.4. The molecule has 1 N–H and O–H groups in total. The number of aromatic hydroxyl groups is 1. The number of hydrogen-bond donors (Lipinski definition) is 1. The van der Waals surface area contributed by atoms with Crippen molar-refractivity contribution in [1.29, 1.82) is 0 Å². The van der Waals surface area contributed by atoms with Crippen molar-refractivity contribution in [3.05, 3.63) is 59.2 Å². The summed E-state index contributed by atoms with van der Waals surface area (Å²) >= 11 is 0. The molecule has 2 aromatic carbocycles. The Morgan fingerprint density at radius 3 is 2.24 bits per heavy atom.